The summed E-state index contributed by atoms with van der Waals surface area (Å²) in [5.74, 6) is 0.894. The first-order chi connectivity index (χ1) is 16.4. The number of benzene rings is 3. The Kier molecular flexibility index (Phi) is 3.97. The van der Waals surface area contributed by atoms with Crippen LogP contribution in [0, 0.1) is 0 Å². The van der Waals surface area contributed by atoms with E-state index in [0.717, 1.165) is 46.5 Å². The second kappa shape index (κ2) is 7.14. The van der Waals surface area contributed by atoms with Crippen LogP contribution < -0.4 is 0 Å². The van der Waals surface area contributed by atoms with Gasteiger partial charge in [-0.25, -0.2) is 0 Å². The number of aromatic nitrogens is 2. The number of rotatable bonds is 2. The lowest BCUT2D eigenvalue weighted by Crippen LogP contribution is -2.03. The van der Waals surface area contributed by atoms with E-state index in [4.69, 9.17) is 9.40 Å². The van der Waals surface area contributed by atoms with Gasteiger partial charge in [0.05, 0.1) is 0 Å². The van der Waals surface area contributed by atoms with Crippen LogP contribution in [-0.4, -0.2) is 9.97 Å². The van der Waals surface area contributed by atoms with Crippen LogP contribution in [0.5, 0.6) is 0 Å². The molecule has 3 heteroatoms. The van der Waals surface area contributed by atoms with E-state index in [1.807, 2.05) is 18.5 Å². The fraction of sp³-hybridized carbons (Fsp3) is 0.0667. The SMILES string of the molecule is c1ccc(-c2cc(-c3nccc4c5c(oc34)-c3ncccc3CC5)cc3ccccc23)cc1. The van der Waals surface area contributed by atoms with Crippen molar-refractivity contribution in [2.45, 2.75) is 12.8 Å². The Morgan fingerprint density at radius 3 is 2.42 bits per heavy atom. The molecule has 0 bridgehead atoms. The summed E-state index contributed by atoms with van der Waals surface area (Å²) >= 11 is 0. The van der Waals surface area contributed by atoms with Gasteiger partial charge in [-0.1, -0.05) is 60.7 Å². The summed E-state index contributed by atoms with van der Waals surface area (Å²) in [7, 11) is 0. The number of furan rings is 1. The average molecular weight is 425 g/mol. The number of nitrogens with zero attached hydrogens (tertiary/aromatic N) is 2. The van der Waals surface area contributed by atoms with Crippen molar-refractivity contribution in [1.82, 2.24) is 9.97 Å². The van der Waals surface area contributed by atoms with Crippen LogP contribution in [0.15, 0.2) is 102 Å². The molecule has 0 fully saturated rings. The summed E-state index contributed by atoms with van der Waals surface area (Å²) in [4.78, 5) is 9.44. The lowest BCUT2D eigenvalue weighted by molar-refractivity contribution is 0.617. The molecule has 156 valence electrons. The molecule has 0 amide bonds. The molecule has 0 aliphatic heterocycles. The number of hydrogen-bond acceptors (Lipinski definition) is 3. The van der Waals surface area contributed by atoms with E-state index in [9.17, 15) is 0 Å². The van der Waals surface area contributed by atoms with Crippen molar-refractivity contribution in [3.05, 3.63) is 108 Å². The van der Waals surface area contributed by atoms with Gasteiger partial charge in [0, 0.05) is 28.9 Å². The van der Waals surface area contributed by atoms with Gasteiger partial charge in [-0.2, -0.15) is 0 Å². The first kappa shape index (κ1) is 18.3. The Bertz CT molecular complexity index is 1660. The zero-order valence-corrected chi connectivity index (χ0v) is 18.0. The van der Waals surface area contributed by atoms with E-state index in [1.54, 1.807) is 0 Å². The second-order valence-electron chi connectivity index (χ2n) is 8.57. The standard InChI is InChI=1S/C30H20N2O/c1-2-7-19(8-3-1)26-18-22(17-21-9-4-5-11-23(21)26)28-30-25(14-16-32-28)24-13-12-20-10-6-15-31-27(20)29(24)33-30/h1-11,14-18H,12-13H2. The molecule has 3 heterocycles. The molecule has 1 aliphatic carbocycles. The molecule has 1 aliphatic rings. The van der Waals surface area contributed by atoms with E-state index in [-0.39, 0.29) is 0 Å². The maximum atomic E-state index is 6.54. The third-order valence-corrected chi connectivity index (χ3v) is 6.68. The molecule has 0 atom stereocenters. The highest BCUT2D eigenvalue weighted by Crippen LogP contribution is 2.42. The molecule has 0 saturated carbocycles. The fourth-order valence-corrected chi connectivity index (χ4v) is 5.13. The van der Waals surface area contributed by atoms with E-state index < -0.39 is 0 Å². The molecule has 0 saturated heterocycles. The maximum Gasteiger partial charge on any atom is 0.161 e. The third-order valence-electron chi connectivity index (χ3n) is 6.68. The minimum atomic E-state index is 0.843. The van der Waals surface area contributed by atoms with Crippen LogP contribution in [-0.2, 0) is 12.8 Å². The maximum absolute atomic E-state index is 6.54. The largest absolute Gasteiger partial charge is 0.452 e. The predicted octanol–water partition coefficient (Wildman–Crippen LogP) is 7.48. The molecule has 0 spiro atoms. The lowest BCUT2D eigenvalue weighted by atomic mass is 9.92. The number of hydrogen-bond donors (Lipinski definition) is 0. The van der Waals surface area contributed by atoms with Crippen molar-refractivity contribution in [3.8, 4) is 33.8 Å². The summed E-state index contributed by atoms with van der Waals surface area (Å²) in [5, 5.41) is 3.56. The zero-order chi connectivity index (χ0) is 21.8. The molecule has 33 heavy (non-hydrogen) atoms. The van der Waals surface area contributed by atoms with Crippen LogP contribution in [0.4, 0.5) is 0 Å². The minimum Gasteiger partial charge on any atom is -0.452 e. The lowest BCUT2D eigenvalue weighted by Gasteiger charge is -2.13. The molecule has 3 aromatic carbocycles. The second-order valence-corrected chi connectivity index (χ2v) is 8.57. The van der Waals surface area contributed by atoms with Gasteiger partial charge in [0.15, 0.2) is 11.3 Å². The number of pyridine rings is 2. The van der Waals surface area contributed by atoms with E-state index in [2.05, 4.69) is 83.8 Å². The van der Waals surface area contributed by atoms with Gasteiger partial charge in [0.2, 0.25) is 0 Å². The highest BCUT2D eigenvalue weighted by atomic mass is 16.3. The number of fused-ring (bicyclic) bond motifs is 6. The van der Waals surface area contributed by atoms with Crippen molar-refractivity contribution in [2.75, 3.05) is 0 Å². The Balaban J connectivity index is 1.50. The Labute approximate surface area is 191 Å². The number of aryl methyl sites for hydroxylation is 2. The third kappa shape index (κ3) is 2.82. The normalized spacial score (nSPS) is 12.6. The van der Waals surface area contributed by atoms with Gasteiger partial charge in [-0.15, -0.1) is 0 Å². The van der Waals surface area contributed by atoms with Crippen molar-refractivity contribution in [1.29, 1.82) is 0 Å². The first-order valence-corrected chi connectivity index (χ1v) is 11.3. The molecule has 3 nitrogen and oxygen atoms in total. The summed E-state index contributed by atoms with van der Waals surface area (Å²) < 4.78 is 6.54. The fourth-order valence-electron chi connectivity index (χ4n) is 5.13. The van der Waals surface area contributed by atoms with Gasteiger partial charge >= 0.3 is 0 Å². The van der Waals surface area contributed by atoms with Gasteiger partial charge in [0.1, 0.15) is 11.4 Å². The van der Waals surface area contributed by atoms with E-state index >= 15 is 0 Å². The summed E-state index contributed by atoms with van der Waals surface area (Å²) in [5.41, 5.74) is 8.62. The van der Waals surface area contributed by atoms with Crippen LogP contribution in [0.25, 0.3) is 55.6 Å². The van der Waals surface area contributed by atoms with Crippen LogP contribution in [0.2, 0.25) is 0 Å². The quantitative estimate of drug-likeness (QED) is 0.289. The highest BCUT2D eigenvalue weighted by Gasteiger charge is 2.25. The Hall–Kier alpha value is -4.24. The minimum absolute atomic E-state index is 0.843. The molecule has 3 aromatic heterocycles. The molecule has 0 radical (unpaired) electrons. The van der Waals surface area contributed by atoms with Crippen molar-refractivity contribution >= 4 is 21.7 Å². The van der Waals surface area contributed by atoms with Crippen LogP contribution in [0.1, 0.15) is 11.1 Å². The molecule has 6 aromatic rings. The molecule has 7 rings (SSSR count). The predicted molar refractivity (Wildman–Crippen MR) is 133 cm³/mol. The van der Waals surface area contributed by atoms with Crippen molar-refractivity contribution in [2.24, 2.45) is 0 Å². The average Bonchev–Trinajstić information content (AvgIpc) is 3.28. The first-order valence-electron chi connectivity index (χ1n) is 11.3. The molecular formula is C30H20N2O. The Morgan fingerprint density at radius 1 is 0.636 bits per heavy atom. The van der Waals surface area contributed by atoms with Crippen molar-refractivity contribution in [3.63, 3.8) is 0 Å². The highest BCUT2D eigenvalue weighted by molar-refractivity contribution is 6.03. The summed E-state index contributed by atoms with van der Waals surface area (Å²) in [6.45, 7) is 0. The van der Waals surface area contributed by atoms with Crippen molar-refractivity contribution < 1.29 is 4.42 Å². The zero-order valence-electron chi connectivity index (χ0n) is 18.0. The summed E-state index contributed by atoms with van der Waals surface area (Å²) in [6.07, 6.45) is 5.68. The summed E-state index contributed by atoms with van der Waals surface area (Å²) in [6, 6.07) is 29.8. The molecular weight excluding hydrogens is 404 g/mol. The molecule has 0 N–H and O–H groups in total. The van der Waals surface area contributed by atoms with Gasteiger partial charge in [0.25, 0.3) is 0 Å². The Morgan fingerprint density at radius 2 is 1.48 bits per heavy atom. The van der Waals surface area contributed by atoms with E-state index in [1.165, 1.54) is 33.0 Å². The van der Waals surface area contributed by atoms with Gasteiger partial charge < -0.3 is 4.42 Å². The van der Waals surface area contributed by atoms with Crippen LogP contribution in [0.3, 0.4) is 0 Å². The smallest absolute Gasteiger partial charge is 0.161 e. The molecule has 0 unspecified atom stereocenters. The monoisotopic (exact) mass is 424 g/mol. The van der Waals surface area contributed by atoms with Gasteiger partial charge in [-0.05, 0) is 64.6 Å². The van der Waals surface area contributed by atoms with E-state index in [0.29, 0.717) is 0 Å². The van der Waals surface area contributed by atoms with Crippen LogP contribution >= 0.6 is 0 Å². The topological polar surface area (TPSA) is 38.9 Å². The van der Waals surface area contributed by atoms with Gasteiger partial charge in [-0.3, -0.25) is 9.97 Å².